The Kier molecular flexibility index (Phi) is 5.94. The lowest BCUT2D eigenvalue weighted by atomic mass is 10.1. The number of methoxy groups -OCH3 is 1. The fraction of sp³-hybridized carbons (Fsp3) is 0.105. The fourth-order valence-electron chi connectivity index (χ4n) is 2.36. The minimum Gasteiger partial charge on any atom is -0.497 e. The lowest BCUT2D eigenvalue weighted by Gasteiger charge is -2.08. The van der Waals surface area contributed by atoms with Crippen LogP contribution in [0.2, 0.25) is 0 Å². The lowest BCUT2D eigenvalue weighted by molar-refractivity contribution is 0.415. The average molecular weight is 446 g/mol. The Labute approximate surface area is 167 Å². The van der Waals surface area contributed by atoms with Crippen molar-refractivity contribution in [3.63, 3.8) is 0 Å². The zero-order valence-electron chi connectivity index (χ0n) is 14.1. The Morgan fingerprint density at radius 1 is 1.30 bits per heavy atom. The third kappa shape index (κ3) is 4.38. The van der Waals surface area contributed by atoms with Gasteiger partial charge in [0, 0.05) is 11.3 Å². The normalized spacial score (nSPS) is 10.4. The molecule has 0 unspecified atom stereocenters. The maximum absolute atomic E-state index is 13.3. The first-order valence-electron chi connectivity index (χ1n) is 7.77. The molecule has 0 aliphatic carbocycles. The molecule has 3 rings (SSSR count). The van der Waals surface area contributed by atoms with Crippen molar-refractivity contribution in [2.45, 2.75) is 10.9 Å². The van der Waals surface area contributed by atoms with Crippen LogP contribution in [0.3, 0.4) is 0 Å². The Balaban J connectivity index is 1.92. The molecule has 3 aromatic rings. The minimum absolute atomic E-state index is 0.0472. The van der Waals surface area contributed by atoms with E-state index in [9.17, 15) is 14.4 Å². The molecule has 27 heavy (non-hydrogen) atoms. The minimum atomic E-state index is -0.499. The molecule has 0 bridgehead atoms. The highest BCUT2D eigenvalue weighted by molar-refractivity contribution is 9.10. The molecule has 1 aromatic heterocycles. The number of H-pyrrole nitrogens is 1. The van der Waals surface area contributed by atoms with Crippen molar-refractivity contribution in [3.05, 3.63) is 74.2 Å². The number of benzene rings is 2. The van der Waals surface area contributed by atoms with Crippen LogP contribution in [0.5, 0.6) is 5.75 Å². The van der Waals surface area contributed by atoms with Crippen LogP contribution in [-0.2, 0) is 5.75 Å². The van der Waals surface area contributed by atoms with E-state index >= 15 is 0 Å². The smallest absolute Gasteiger partial charge is 0.270 e. The van der Waals surface area contributed by atoms with Crippen LogP contribution in [0.25, 0.3) is 11.3 Å². The second kappa shape index (κ2) is 8.37. The molecule has 5 nitrogen and oxygen atoms in total. The maximum atomic E-state index is 13.3. The molecule has 0 saturated carbocycles. The van der Waals surface area contributed by atoms with E-state index in [-0.39, 0.29) is 11.4 Å². The molecule has 2 aromatic carbocycles. The summed E-state index contributed by atoms with van der Waals surface area (Å²) in [6, 6.07) is 13.6. The van der Waals surface area contributed by atoms with Gasteiger partial charge in [0.05, 0.1) is 17.3 Å². The van der Waals surface area contributed by atoms with Gasteiger partial charge in [-0.3, -0.25) is 4.79 Å². The molecule has 0 fully saturated rings. The predicted molar refractivity (Wildman–Crippen MR) is 105 cm³/mol. The van der Waals surface area contributed by atoms with Gasteiger partial charge < -0.3 is 9.72 Å². The Morgan fingerprint density at radius 3 is 2.67 bits per heavy atom. The van der Waals surface area contributed by atoms with Crippen molar-refractivity contribution >= 4 is 27.7 Å². The zero-order chi connectivity index (χ0) is 19.4. The molecule has 0 atom stereocenters. The van der Waals surface area contributed by atoms with E-state index in [1.165, 1.54) is 17.8 Å². The highest BCUT2D eigenvalue weighted by Gasteiger charge is 2.14. The molecule has 8 heteroatoms. The largest absolute Gasteiger partial charge is 0.497 e. The molecule has 0 aliphatic rings. The van der Waals surface area contributed by atoms with Crippen molar-refractivity contribution in [1.29, 1.82) is 5.26 Å². The second-order valence-electron chi connectivity index (χ2n) is 5.47. The van der Waals surface area contributed by atoms with Crippen molar-refractivity contribution in [3.8, 4) is 23.1 Å². The van der Waals surface area contributed by atoms with Crippen LogP contribution in [0, 0.1) is 17.1 Å². The van der Waals surface area contributed by atoms with E-state index in [2.05, 4.69) is 25.9 Å². The number of aromatic nitrogens is 2. The summed E-state index contributed by atoms with van der Waals surface area (Å²) >= 11 is 4.45. The summed E-state index contributed by atoms with van der Waals surface area (Å²) in [7, 11) is 1.56. The standard InChI is InChI=1S/C19H13BrFN3O2S/c1-26-13-5-3-12(4-6-13)17-14(9-22)18(25)24-19(23-17)27-10-11-2-7-16(21)15(20)8-11/h2-8H,10H2,1H3,(H,23,24,25). The summed E-state index contributed by atoms with van der Waals surface area (Å²) in [4.78, 5) is 19.3. The van der Waals surface area contributed by atoms with Gasteiger partial charge in [0.2, 0.25) is 0 Å². The third-order valence-electron chi connectivity index (χ3n) is 3.73. The Bertz CT molecular complexity index is 1080. The first-order valence-corrected chi connectivity index (χ1v) is 9.55. The van der Waals surface area contributed by atoms with Gasteiger partial charge in [-0.15, -0.1) is 0 Å². The van der Waals surface area contributed by atoms with Crippen molar-refractivity contribution in [2.75, 3.05) is 7.11 Å². The summed E-state index contributed by atoms with van der Waals surface area (Å²) in [5.74, 6) is 0.810. The molecular weight excluding hydrogens is 433 g/mol. The van der Waals surface area contributed by atoms with Crippen molar-refractivity contribution < 1.29 is 9.13 Å². The lowest BCUT2D eigenvalue weighted by Crippen LogP contribution is -2.14. The quantitative estimate of drug-likeness (QED) is 0.461. The number of halogens is 2. The number of ether oxygens (including phenoxy) is 1. The zero-order valence-corrected chi connectivity index (χ0v) is 16.5. The average Bonchev–Trinajstić information content (AvgIpc) is 2.68. The van der Waals surface area contributed by atoms with E-state index in [0.29, 0.717) is 32.4 Å². The van der Waals surface area contributed by atoms with Gasteiger partial charge in [-0.05, 0) is 57.9 Å². The number of nitrogens with one attached hydrogen (secondary N) is 1. The highest BCUT2D eigenvalue weighted by atomic mass is 79.9. The van der Waals surface area contributed by atoms with Crippen LogP contribution < -0.4 is 10.3 Å². The van der Waals surface area contributed by atoms with E-state index in [1.54, 1.807) is 43.5 Å². The van der Waals surface area contributed by atoms with Gasteiger partial charge in [-0.2, -0.15) is 5.26 Å². The molecule has 0 amide bonds. The van der Waals surface area contributed by atoms with Gasteiger partial charge >= 0.3 is 0 Å². The Morgan fingerprint density at radius 2 is 2.04 bits per heavy atom. The number of aromatic amines is 1. The topological polar surface area (TPSA) is 78.8 Å². The number of nitrogens with zero attached hydrogens (tertiary/aromatic N) is 2. The first-order chi connectivity index (χ1) is 13.0. The van der Waals surface area contributed by atoms with Gasteiger partial charge in [-0.1, -0.05) is 17.8 Å². The number of thioether (sulfide) groups is 1. The number of hydrogen-bond acceptors (Lipinski definition) is 5. The van der Waals surface area contributed by atoms with Crippen LogP contribution >= 0.6 is 27.7 Å². The molecule has 1 N–H and O–H groups in total. The van der Waals surface area contributed by atoms with Gasteiger partial charge in [0.1, 0.15) is 23.2 Å². The highest BCUT2D eigenvalue weighted by Crippen LogP contribution is 2.26. The van der Waals surface area contributed by atoms with E-state index in [0.717, 1.165) is 5.56 Å². The third-order valence-corrected chi connectivity index (χ3v) is 5.28. The van der Waals surface area contributed by atoms with Gasteiger partial charge in [-0.25, -0.2) is 9.37 Å². The van der Waals surface area contributed by atoms with E-state index in [4.69, 9.17) is 4.74 Å². The molecular formula is C19H13BrFN3O2S. The summed E-state index contributed by atoms with van der Waals surface area (Å²) in [6.45, 7) is 0. The van der Waals surface area contributed by atoms with E-state index in [1.807, 2.05) is 6.07 Å². The number of nitriles is 1. The molecule has 0 spiro atoms. The SMILES string of the molecule is COc1ccc(-c2nc(SCc3ccc(F)c(Br)c3)[nH]c(=O)c2C#N)cc1. The van der Waals surface area contributed by atoms with Gasteiger partial charge in [0.25, 0.3) is 5.56 Å². The maximum Gasteiger partial charge on any atom is 0.270 e. The second-order valence-corrected chi connectivity index (χ2v) is 7.29. The van der Waals surface area contributed by atoms with Crippen molar-refractivity contribution in [2.24, 2.45) is 0 Å². The van der Waals surface area contributed by atoms with Crippen LogP contribution in [0.15, 0.2) is 56.9 Å². The van der Waals surface area contributed by atoms with E-state index < -0.39 is 5.56 Å². The van der Waals surface area contributed by atoms with Crippen molar-refractivity contribution in [1.82, 2.24) is 9.97 Å². The van der Waals surface area contributed by atoms with Crippen LogP contribution in [-0.4, -0.2) is 17.1 Å². The fourth-order valence-corrected chi connectivity index (χ4v) is 3.59. The Hall–Kier alpha value is -2.63. The van der Waals surface area contributed by atoms with Gasteiger partial charge in [0.15, 0.2) is 5.16 Å². The molecule has 1 heterocycles. The first kappa shape index (κ1) is 19.1. The van der Waals surface area contributed by atoms with Crippen LogP contribution in [0.4, 0.5) is 4.39 Å². The van der Waals surface area contributed by atoms with Crippen LogP contribution in [0.1, 0.15) is 11.1 Å². The number of hydrogen-bond donors (Lipinski definition) is 1. The predicted octanol–water partition coefficient (Wildman–Crippen LogP) is 4.51. The monoisotopic (exact) mass is 445 g/mol. The summed E-state index contributed by atoms with van der Waals surface area (Å²) in [6.07, 6.45) is 0. The summed E-state index contributed by atoms with van der Waals surface area (Å²) in [5.41, 5.74) is 1.28. The molecule has 136 valence electrons. The molecule has 0 radical (unpaired) electrons. The number of rotatable bonds is 5. The molecule has 0 aliphatic heterocycles. The summed E-state index contributed by atoms with van der Waals surface area (Å²) < 4.78 is 18.8. The molecule has 0 saturated heterocycles. The summed E-state index contributed by atoms with van der Waals surface area (Å²) in [5, 5.41) is 9.71.